The van der Waals surface area contributed by atoms with Gasteiger partial charge in [-0.25, -0.2) is 13.3 Å². The molecule has 0 amide bonds. The normalized spacial score (nSPS) is 37.5. The monoisotopic (exact) mass is 467 g/mol. The molecule has 3 N–H and O–H groups in total. The molecule has 14 heteroatoms. The molecular formula is C16H15F2N2O8PS. The molecule has 4 rings (SSSR count). The number of hydrogen-bond acceptors (Lipinski definition) is 9. The van der Waals surface area contributed by atoms with E-state index in [4.69, 9.17) is 30.1 Å². The van der Waals surface area contributed by atoms with E-state index < -0.39 is 61.4 Å². The number of rotatable bonds is 4. The SMILES string of the molecule is [2H]C([2H])(OP1(=O)OCc2cc(F)ccc2O1)[C@@]1(F)O[C@@]([2H])(n2ccc(=O)[nH]c2=S)[C@H](O)[C@@H]1O. The van der Waals surface area contributed by atoms with Crippen LogP contribution in [0.25, 0.3) is 0 Å². The molecule has 0 radical (unpaired) electrons. The number of aromatic amines is 1. The number of aliphatic hydroxyl groups excluding tert-OH is 2. The fraction of sp³-hybridized carbons (Fsp3) is 0.375. The summed E-state index contributed by atoms with van der Waals surface area (Å²) >= 11 is 4.86. The van der Waals surface area contributed by atoms with E-state index in [0.29, 0.717) is 4.57 Å². The molecule has 2 aliphatic rings. The summed E-state index contributed by atoms with van der Waals surface area (Å²) in [6.45, 7) is -4.38. The summed E-state index contributed by atoms with van der Waals surface area (Å²) in [6.07, 6.45) is -7.34. The van der Waals surface area contributed by atoms with Crippen molar-refractivity contribution < 1.29 is 46.0 Å². The van der Waals surface area contributed by atoms with Crippen LogP contribution < -0.4 is 10.1 Å². The predicted octanol–water partition coefficient (Wildman–Crippen LogP) is 1.70. The minimum Gasteiger partial charge on any atom is -0.404 e. The Labute approximate surface area is 176 Å². The molecule has 10 nitrogen and oxygen atoms in total. The van der Waals surface area contributed by atoms with Crippen molar-refractivity contribution in [3.05, 3.63) is 57.0 Å². The van der Waals surface area contributed by atoms with E-state index in [2.05, 4.69) is 9.51 Å². The highest BCUT2D eigenvalue weighted by molar-refractivity contribution is 7.71. The molecule has 1 unspecified atom stereocenters. The molecule has 0 saturated carbocycles. The van der Waals surface area contributed by atoms with E-state index in [1.807, 2.05) is 0 Å². The van der Waals surface area contributed by atoms with Crippen molar-refractivity contribution >= 4 is 20.0 Å². The van der Waals surface area contributed by atoms with Crippen molar-refractivity contribution in [2.24, 2.45) is 0 Å². The number of hydrogen-bond donors (Lipinski definition) is 3. The smallest absolute Gasteiger partial charge is 0.404 e. The van der Waals surface area contributed by atoms with Gasteiger partial charge in [0.2, 0.25) is 0 Å². The zero-order valence-electron chi connectivity index (χ0n) is 17.7. The van der Waals surface area contributed by atoms with Crippen LogP contribution in [-0.4, -0.2) is 44.4 Å². The largest absolute Gasteiger partial charge is 0.530 e. The average Bonchev–Trinajstić information content (AvgIpc) is 2.89. The quantitative estimate of drug-likeness (QED) is 0.454. The van der Waals surface area contributed by atoms with E-state index >= 15 is 4.39 Å². The first-order chi connectivity index (χ1) is 15.2. The van der Waals surface area contributed by atoms with Gasteiger partial charge in [-0.05, 0) is 30.4 Å². The van der Waals surface area contributed by atoms with Crippen LogP contribution >= 0.6 is 20.0 Å². The van der Waals surface area contributed by atoms with Gasteiger partial charge in [-0.1, -0.05) is 0 Å². The molecule has 5 atom stereocenters. The molecule has 30 heavy (non-hydrogen) atoms. The van der Waals surface area contributed by atoms with Crippen LogP contribution in [0.4, 0.5) is 8.78 Å². The van der Waals surface area contributed by atoms with Crippen molar-refractivity contribution in [1.82, 2.24) is 9.55 Å². The molecule has 3 heterocycles. The van der Waals surface area contributed by atoms with Gasteiger partial charge in [0.1, 0.15) is 30.3 Å². The van der Waals surface area contributed by atoms with Crippen LogP contribution in [-0.2, 0) is 25.0 Å². The molecule has 0 aliphatic carbocycles. The maximum Gasteiger partial charge on any atom is 0.530 e. The predicted molar refractivity (Wildman–Crippen MR) is 97.2 cm³/mol. The number of nitrogens with zero attached hydrogens (tertiary/aromatic N) is 1. The van der Waals surface area contributed by atoms with Gasteiger partial charge in [-0.15, -0.1) is 0 Å². The van der Waals surface area contributed by atoms with Gasteiger partial charge < -0.3 is 19.5 Å². The second-order valence-corrected chi connectivity index (χ2v) is 8.12. The van der Waals surface area contributed by atoms with Crippen LogP contribution in [0, 0.1) is 10.6 Å². The molecule has 162 valence electrons. The lowest BCUT2D eigenvalue weighted by atomic mass is 10.1. The summed E-state index contributed by atoms with van der Waals surface area (Å²) in [6, 6.07) is 3.90. The molecule has 0 bridgehead atoms. The fourth-order valence-electron chi connectivity index (χ4n) is 2.68. The topological polar surface area (TPSA) is 132 Å². The van der Waals surface area contributed by atoms with Crippen molar-refractivity contribution in [1.29, 1.82) is 0 Å². The highest BCUT2D eigenvalue weighted by atomic mass is 32.1. The first-order valence-corrected chi connectivity index (χ1v) is 10.1. The third kappa shape index (κ3) is 3.85. The molecule has 2 aliphatic heterocycles. The summed E-state index contributed by atoms with van der Waals surface area (Å²) in [5.41, 5.74) is -0.575. The Kier molecular flexibility index (Phi) is 4.48. The van der Waals surface area contributed by atoms with E-state index in [1.54, 1.807) is 0 Å². The Morgan fingerprint density at radius 2 is 2.27 bits per heavy atom. The van der Waals surface area contributed by atoms with Crippen LogP contribution in [0.15, 0.2) is 35.3 Å². The van der Waals surface area contributed by atoms with E-state index in [9.17, 15) is 24.0 Å². The zero-order chi connectivity index (χ0) is 24.4. The number of halogens is 2. The third-order valence-electron chi connectivity index (χ3n) is 4.15. The molecule has 0 spiro atoms. The van der Waals surface area contributed by atoms with Gasteiger partial charge in [-0.3, -0.25) is 23.4 Å². The first-order valence-electron chi connectivity index (χ1n) is 9.72. The third-order valence-corrected chi connectivity index (χ3v) is 5.63. The van der Waals surface area contributed by atoms with Gasteiger partial charge in [-0.2, -0.15) is 0 Å². The zero-order valence-corrected chi connectivity index (χ0v) is 16.4. The number of H-pyrrole nitrogens is 1. The summed E-state index contributed by atoms with van der Waals surface area (Å²) in [4.78, 5) is 13.5. The van der Waals surface area contributed by atoms with Gasteiger partial charge >= 0.3 is 7.82 Å². The second-order valence-electron chi connectivity index (χ2n) is 6.21. The van der Waals surface area contributed by atoms with Gasteiger partial charge in [0.15, 0.2) is 11.0 Å². The number of fused-ring (bicyclic) bond motifs is 1. The van der Waals surface area contributed by atoms with Crippen LogP contribution in [0.1, 0.15) is 15.9 Å². The van der Waals surface area contributed by atoms with E-state index in [-0.39, 0.29) is 11.3 Å². The number of ether oxygens (including phenoxy) is 1. The van der Waals surface area contributed by atoms with E-state index in [0.717, 1.165) is 30.5 Å². The molecule has 1 aromatic carbocycles. The minimum atomic E-state index is -4.90. The molecule has 1 aromatic heterocycles. The summed E-state index contributed by atoms with van der Waals surface area (Å²) in [7, 11) is -4.90. The fourth-order valence-corrected chi connectivity index (χ4v) is 4.03. The Bertz CT molecular complexity index is 1280. The number of phosphoric ester groups is 1. The second kappa shape index (κ2) is 7.61. The standard InChI is InChI=1S/C16H15F2N2O8PS/c17-9-1-2-10-8(5-9)6-25-29(24,28-10)26-7-16(18)13(23)12(22)14(27-16)20-4-3-11(21)19-15(20)30/h1-5,12-14,22-23H,6-7H2,(H,19,21,30)/t12-,13+,14-,16-,29?/m1/s1/i7D2,14D. The highest BCUT2D eigenvalue weighted by Crippen LogP contribution is 2.55. The average molecular weight is 467 g/mol. The Morgan fingerprint density at radius 1 is 1.50 bits per heavy atom. The first kappa shape index (κ1) is 17.7. The van der Waals surface area contributed by atoms with Gasteiger partial charge in [0.25, 0.3) is 11.4 Å². The van der Waals surface area contributed by atoms with Gasteiger partial charge in [0, 0.05) is 17.8 Å². The molecule has 2 aromatic rings. The highest BCUT2D eigenvalue weighted by Gasteiger charge is 2.57. The number of benzene rings is 1. The minimum absolute atomic E-state index is 0.116. The molecule has 1 saturated heterocycles. The number of aliphatic hydroxyl groups is 2. The number of aromatic nitrogens is 2. The van der Waals surface area contributed by atoms with Gasteiger partial charge in [0.05, 0.1) is 10.7 Å². The maximum atomic E-state index is 15.7. The Morgan fingerprint density at radius 3 is 3.00 bits per heavy atom. The lowest BCUT2D eigenvalue weighted by Gasteiger charge is -2.28. The van der Waals surface area contributed by atoms with Crippen molar-refractivity contribution in [3.63, 3.8) is 0 Å². The van der Waals surface area contributed by atoms with Crippen LogP contribution in [0.5, 0.6) is 5.75 Å². The Balaban J connectivity index is 1.66. The van der Waals surface area contributed by atoms with Crippen molar-refractivity contribution in [2.75, 3.05) is 6.56 Å². The van der Waals surface area contributed by atoms with Crippen LogP contribution in [0.3, 0.4) is 0 Å². The van der Waals surface area contributed by atoms with E-state index in [1.165, 1.54) is 0 Å². The number of alkyl halides is 1. The number of nitrogens with one attached hydrogen (secondary N) is 1. The summed E-state index contributed by atoms with van der Waals surface area (Å²) < 4.78 is 85.4. The molecular weight excluding hydrogens is 449 g/mol. The Hall–Kier alpha value is -1.99. The summed E-state index contributed by atoms with van der Waals surface area (Å²) in [5.74, 6) is -4.84. The lowest BCUT2D eigenvalue weighted by molar-refractivity contribution is -0.205. The maximum absolute atomic E-state index is 15.7. The van der Waals surface area contributed by atoms with Crippen molar-refractivity contribution in [2.45, 2.75) is 30.9 Å². The molecule has 1 fully saturated rings. The van der Waals surface area contributed by atoms with Crippen LogP contribution in [0.2, 0.25) is 0 Å². The van der Waals surface area contributed by atoms with Crippen molar-refractivity contribution in [3.8, 4) is 5.75 Å². The number of phosphoric acid groups is 1. The summed E-state index contributed by atoms with van der Waals surface area (Å²) in [5, 5.41) is 20.6. The lowest BCUT2D eigenvalue weighted by Crippen LogP contribution is -2.43.